The van der Waals surface area contributed by atoms with Crippen LogP contribution in [0.15, 0.2) is 29.2 Å². The van der Waals surface area contributed by atoms with E-state index in [1.54, 1.807) is 0 Å². The lowest BCUT2D eigenvalue weighted by Crippen LogP contribution is -2.40. The number of benzene rings is 1. The highest BCUT2D eigenvalue weighted by Gasteiger charge is 2.48. The van der Waals surface area contributed by atoms with Gasteiger partial charge in [-0.2, -0.15) is 13.2 Å². The third kappa shape index (κ3) is 5.17. The van der Waals surface area contributed by atoms with Gasteiger partial charge in [0.15, 0.2) is 0 Å². The third-order valence-electron chi connectivity index (χ3n) is 1.89. The summed E-state index contributed by atoms with van der Waals surface area (Å²) in [5.41, 5.74) is -5.72. The fourth-order valence-corrected chi connectivity index (χ4v) is 3.41. The summed E-state index contributed by atoms with van der Waals surface area (Å²) in [4.78, 5) is -0.638. The second-order valence-corrected chi connectivity index (χ2v) is 6.83. The van der Waals surface area contributed by atoms with E-state index in [4.69, 9.17) is 4.74 Å². The maximum Gasteiger partial charge on any atom is 0.512 e. The van der Waals surface area contributed by atoms with Crippen LogP contribution in [-0.2, 0) is 20.0 Å². The predicted molar refractivity (Wildman–Crippen MR) is 69.6 cm³/mol. The van der Waals surface area contributed by atoms with Gasteiger partial charge in [0, 0.05) is 0 Å². The van der Waals surface area contributed by atoms with E-state index in [0.29, 0.717) is 4.13 Å². The zero-order chi connectivity index (χ0) is 16.9. The lowest BCUT2D eigenvalue weighted by Gasteiger charge is -2.10. The van der Waals surface area contributed by atoms with E-state index < -0.39 is 30.5 Å². The number of alkyl halides is 3. The average Bonchev–Trinajstić information content (AvgIpc) is 2.38. The van der Waals surface area contributed by atoms with Gasteiger partial charge >= 0.3 is 15.5 Å². The second-order valence-electron chi connectivity index (χ2n) is 3.21. The Morgan fingerprint density at radius 1 is 1.00 bits per heavy atom. The minimum atomic E-state index is -5.99. The Hall–Kier alpha value is -1.33. The average molecular weight is 349 g/mol. The highest BCUT2D eigenvalue weighted by Crippen LogP contribution is 2.24. The van der Waals surface area contributed by atoms with E-state index in [-0.39, 0.29) is 5.75 Å². The highest BCUT2D eigenvalue weighted by molar-refractivity contribution is 8.05. The van der Waals surface area contributed by atoms with E-state index in [0.717, 1.165) is 24.3 Å². The molecule has 0 aliphatic heterocycles. The molecule has 0 heterocycles. The summed E-state index contributed by atoms with van der Waals surface area (Å²) in [5.74, 6) is 0.262. The van der Waals surface area contributed by atoms with Crippen LogP contribution in [0.3, 0.4) is 0 Å². The molecule has 0 fully saturated rings. The van der Waals surface area contributed by atoms with Gasteiger partial charge in [0.1, 0.15) is 5.75 Å². The van der Waals surface area contributed by atoms with Crippen molar-refractivity contribution in [2.24, 2.45) is 0 Å². The lowest BCUT2D eigenvalue weighted by atomic mass is 10.3. The molecule has 0 saturated carbocycles. The smallest absolute Gasteiger partial charge is 0.497 e. The van der Waals surface area contributed by atoms with Crippen molar-refractivity contribution in [3.8, 4) is 5.75 Å². The number of hydrogen-bond donors (Lipinski definition) is 1. The largest absolute Gasteiger partial charge is 0.512 e. The molecule has 1 aromatic rings. The number of hydrogen-bond acceptors (Lipinski definition) is 5. The molecule has 0 aromatic heterocycles. The molecule has 6 nitrogen and oxygen atoms in total. The van der Waals surface area contributed by atoms with E-state index in [1.165, 1.54) is 7.11 Å². The lowest BCUT2D eigenvalue weighted by molar-refractivity contribution is -0.0441. The monoisotopic (exact) mass is 349 g/mol. The van der Waals surface area contributed by atoms with Gasteiger partial charge in [0.25, 0.3) is 10.0 Å². The van der Waals surface area contributed by atoms with E-state index in [1.807, 2.05) is 13.8 Å². The number of ether oxygens (including phenoxy) is 1. The minimum Gasteiger partial charge on any atom is -0.497 e. The minimum absolute atomic E-state index is 0.262. The Morgan fingerprint density at radius 3 is 1.76 bits per heavy atom. The molecule has 0 spiro atoms. The molecular weight excluding hydrogens is 335 g/mol. The summed E-state index contributed by atoms with van der Waals surface area (Å²) >= 11 is 0. The van der Waals surface area contributed by atoms with Gasteiger partial charge in [-0.1, -0.05) is 18.0 Å². The molecule has 1 aromatic carbocycles. The molecule has 0 aliphatic carbocycles. The number of rotatable bonds is 4. The van der Waals surface area contributed by atoms with Gasteiger partial charge in [-0.25, -0.2) is 16.8 Å². The standard InChI is InChI=1S/C8H8F3NO5S2.C2H6/c1-17-6-2-4-7(5-3-6)18(13,14)12-19(15,16)8(9,10)11;1-2/h2-5,12H,1H3;1-2H3. The van der Waals surface area contributed by atoms with Crippen molar-refractivity contribution in [3.05, 3.63) is 24.3 Å². The van der Waals surface area contributed by atoms with Crippen LogP contribution in [0.1, 0.15) is 13.8 Å². The first-order chi connectivity index (χ1) is 9.49. The van der Waals surface area contributed by atoms with E-state index >= 15 is 0 Å². The molecule has 1 N–H and O–H groups in total. The van der Waals surface area contributed by atoms with Crippen LogP contribution in [0.5, 0.6) is 5.75 Å². The van der Waals surface area contributed by atoms with Gasteiger partial charge in [-0.3, -0.25) is 0 Å². The number of methoxy groups -OCH3 is 1. The van der Waals surface area contributed by atoms with Crippen LogP contribution in [0.2, 0.25) is 0 Å². The fourth-order valence-electron chi connectivity index (χ4n) is 0.995. The van der Waals surface area contributed by atoms with Gasteiger partial charge in [-0.05, 0) is 24.3 Å². The molecule has 0 unspecified atom stereocenters. The van der Waals surface area contributed by atoms with Crippen molar-refractivity contribution >= 4 is 20.0 Å². The van der Waals surface area contributed by atoms with Crippen LogP contribution < -0.4 is 8.86 Å². The molecule has 21 heavy (non-hydrogen) atoms. The summed E-state index contributed by atoms with van der Waals surface area (Å²) in [6, 6.07) is 4.14. The second kappa shape index (κ2) is 7.09. The predicted octanol–water partition coefficient (Wildman–Crippen LogP) is 1.85. The van der Waals surface area contributed by atoms with Crippen LogP contribution in [0.25, 0.3) is 0 Å². The first-order valence-corrected chi connectivity index (χ1v) is 8.45. The third-order valence-corrected chi connectivity index (χ3v) is 5.15. The molecule has 0 aliphatic rings. The number of sulfonamides is 2. The van der Waals surface area contributed by atoms with Crippen LogP contribution in [-0.4, -0.2) is 29.5 Å². The molecule has 122 valence electrons. The van der Waals surface area contributed by atoms with E-state index in [9.17, 15) is 30.0 Å². The molecule has 1 rings (SSSR count). The molecular formula is C10H14F3NO5S2. The van der Waals surface area contributed by atoms with Crippen molar-refractivity contribution in [3.63, 3.8) is 0 Å². The van der Waals surface area contributed by atoms with Gasteiger partial charge < -0.3 is 4.74 Å². The van der Waals surface area contributed by atoms with Crippen molar-refractivity contribution in [2.75, 3.05) is 7.11 Å². The summed E-state index contributed by atoms with van der Waals surface area (Å²) in [5, 5.41) is 0. The Bertz CT molecular complexity index is 651. The quantitative estimate of drug-likeness (QED) is 0.896. The molecule has 0 amide bonds. The van der Waals surface area contributed by atoms with Crippen molar-refractivity contribution in [2.45, 2.75) is 24.3 Å². The van der Waals surface area contributed by atoms with Gasteiger partial charge in [0.2, 0.25) is 0 Å². The maximum atomic E-state index is 12.1. The van der Waals surface area contributed by atoms with Gasteiger partial charge in [0.05, 0.1) is 12.0 Å². The highest BCUT2D eigenvalue weighted by atomic mass is 32.3. The molecule has 0 bridgehead atoms. The molecule has 0 saturated heterocycles. The van der Waals surface area contributed by atoms with Crippen LogP contribution >= 0.6 is 0 Å². The van der Waals surface area contributed by atoms with Crippen molar-refractivity contribution in [1.82, 2.24) is 4.13 Å². The zero-order valence-corrected chi connectivity index (χ0v) is 12.9. The maximum absolute atomic E-state index is 12.1. The summed E-state index contributed by atoms with van der Waals surface area (Å²) < 4.78 is 85.9. The van der Waals surface area contributed by atoms with Crippen molar-refractivity contribution in [1.29, 1.82) is 0 Å². The fraction of sp³-hybridized carbons (Fsp3) is 0.400. The SMILES string of the molecule is CC.COc1ccc(S(=O)(=O)NS(=O)(=O)C(F)(F)F)cc1. The summed E-state index contributed by atoms with van der Waals surface area (Å²) in [6.45, 7) is 4.00. The first kappa shape index (κ1) is 19.7. The molecule has 11 heteroatoms. The van der Waals surface area contributed by atoms with Gasteiger partial charge in [-0.15, -0.1) is 0 Å². The Balaban J connectivity index is 0.00000191. The summed E-state index contributed by atoms with van der Waals surface area (Å²) in [6.07, 6.45) is 0. The Morgan fingerprint density at radius 2 is 1.43 bits per heavy atom. The topological polar surface area (TPSA) is 89.5 Å². The molecule has 0 radical (unpaired) electrons. The number of nitrogens with one attached hydrogen (secondary N) is 1. The Labute approximate surface area is 121 Å². The van der Waals surface area contributed by atoms with E-state index in [2.05, 4.69) is 0 Å². The van der Waals surface area contributed by atoms with Crippen molar-refractivity contribution < 1.29 is 34.7 Å². The Kier molecular flexibility index (Phi) is 6.64. The zero-order valence-electron chi connectivity index (χ0n) is 11.3. The number of halogens is 3. The normalized spacial score (nSPS) is 12.3. The molecule has 0 atom stereocenters. The van der Waals surface area contributed by atoms with Crippen LogP contribution in [0.4, 0.5) is 13.2 Å². The first-order valence-electron chi connectivity index (χ1n) is 5.48. The summed E-state index contributed by atoms with van der Waals surface area (Å²) in [7, 11) is -9.53. The van der Waals surface area contributed by atoms with Crippen LogP contribution in [0, 0.1) is 0 Å².